The second-order valence-electron chi connectivity index (χ2n) is 6.22. The van der Waals surface area contributed by atoms with Crippen LogP contribution in [0.1, 0.15) is 29.2 Å². The summed E-state index contributed by atoms with van der Waals surface area (Å²) in [4.78, 5) is 4.80. The fourth-order valence-corrected chi connectivity index (χ4v) is 3.09. The lowest BCUT2D eigenvalue weighted by Crippen LogP contribution is -2.47. The van der Waals surface area contributed by atoms with Gasteiger partial charge in [0.2, 0.25) is 0 Å². The Morgan fingerprint density at radius 1 is 1.00 bits per heavy atom. The molecule has 1 heterocycles. The molecule has 4 heteroatoms. The smallest absolute Gasteiger partial charge is 0.0558 e. The summed E-state index contributed by atoms with van der Waals surface area (Å²) in [6.45, 7) is 10.7. The van der Waals surface area contributed by atoms with E-state index in [-0.39, 0.29) is 12.6 Å². The SMILES string of the molecule is Cc1cc(C)cc(C(N)CCN2CCN(CCO)CC2)c1. The van der Waals surface area contributed by atoms with E-state index in [1.165, 1.54) is 16.7 Å². The van der Waals surface area contributed by atoms with Crippen molar-refractivity contribution in [2.45, 2.75) is 26.3 Å². The lowest BCUT2D eigenvalue weighted by Gasteiger charge is -2.34. The van der Waals surface area contributed by atoms with Gasteiger partial charge in [-0.25, -0.2) is 0 Å². The topological polar surface area (TPSA) is 52.7 Å². The zero-order valence-corrected chi connectivity index (χ0v) is 13.4. The van der Waals surface area contributed by atoms with Crippen molar-refractivity contribution in [3.8, 4) is 0 Å². The van der Waals surface area contributed by atoms with E-state index in [0.29, 0.717) is 0 Å². The molecule has 118 valence electrons. The third-order valence-corrected chi connectivity index (χ3v) is 4.31. The molecule has 2 rings (SSSR count). The molecule has 0 amide bonds. The standard InChI is InChI=1S/C17H29N3O/c1-14-11-15(2)13-16(12-14)17(18)3-4-19-5-7-20(8-6-19)9-10-21/h11-13,17,21H,3-10,18H2,1-2H3. The second kappa shape index (κ2) is 7.90. The molecular formula is C17H29N3O. The normalized spacial score (nSPS) is 18.9. The number of aliphatic hydroxyl groups is 1. The van der Waals surface area contributed by atoms with Crippen molar-refractivity contribution in [3.05, 3.63) is 34.9 Å². The summed E-state index contributed by atoms with van der Waals surface area (Å²) in [5.41, 5.74) is 10.2. The fourth-order valence-electron chi connectivity index (χ4n) is 3.09. The molecule has 1 unspecified atom stereocenters. The van der Waals surface area contributed by atoms with Gasteiger partial charge in [0.1, 0.15) is 0 Å². The van der Waals surface area contributed by atoms with E-state index in [4.69, 9.17) is 10.8 Å². The van der Waals surface area contributed by atoms with Gasteiger partial charge >= 0.3 is 0 Å². The predicted octanol–water partition coefficient (Wildman–Crippen LogP) is 1.30. The number of hydrogen-bond donors (Lipinski definition) is 2. The van der Waals surface area contributed by atoms with Crippen molar-refractivity contribution in [3.63, 3.8) is 0 Å². The number of nitrogens with zero attached hydrogens (tertiary/aromatic N) is 2. The van der Waals surface area contributed by atoms with Crippen molar-refractivity contribution in [1.82, 2.24) is 9.80 Å². The number of nitrogens with two attached hydrogens (primary N) is 1. The first-order valence-electron chi connectivity index (χ1n) is 7.98. The average molecular weight is 291 g/mol. The van der Waals surface area contributed by atoms with Gasteiger partial charge in [-0.1, -0.05) is 29.3 Å². The van der Waals surface area contributed by atoms with E-state index in [1.807, 2.05) is 0 Å². The maximum atomic E-state index is 8.96. The van der Waals surface area contributed by atoms with Gasteiger partial charge in [0.05, 0.1) is 6.61 Å². The molecule has 1 aliphatic heterocycles. The van der Waals surface area contributed by atoms with E-state index in [0.717, 1.165) is 45.7 Å². The first-order chi connectivity index (χ1) is 10.1. The number of aliphatic hydroxyl groups excluding tert-OH is 1. The first-order valence-corrected chi connectivity index (χ1v) is 7.98. The Kier molecular flexibility index (Phi) is 6.18. The van der Waals surface area contributed by atoms with Gasteiger partial charge in [-0.2, -0.15) is 0 Å². The highest BCUT2D eigenvalue weighted by Crippen LogP contribution is 2.18. The molecule has 0 aromatic heterocycles. The van der Waals surface area contributed by atoms with Crippen molar-refractivity contribution in [2.75, 3.05) is 45.9 Å². The quantitative estimate of drug-likeness (QED) is 0.829. The monoisotopic (exact) mass is 291 g/mol. The zero-order valence-electron chi connectivity index (χ0n) is 13.4. The molecule has 21 heavy (non-hydrogen) atoms. The minimum Gasteiger partial charge on any atom is -0.395 e. The lowest BCUT2D eigenvalue weighted by atomic mass is 9.99. The van der Waals surface area contributed by atoms with Crippen LogP contribution in [0.4, 0.5) is 0 Å². The number of hydrogen-bond acceptors (Lipinski definition) is 4. The van der Waals surface area contributed by atoms with Crippen LogP contribution in [0.2, 0.25) is 0 Å². The molecule has 1 aromatic carbocycles. The highest BCUT2D eigenvalue weighted by atomic mass is 16.3. The van der Waals surface area contributed by atoms with Crippen LogP contribution >= 0.6 is 0 Å². The van der Waals surface area contributed by atoms with E-state index in [1.54, 1.807) is 0 Å². The van der Waals surface area contributed by atoms with Crippen LogP contribution in [0.25, 0.3) is 0 Å². The van der Waals surface area contributed by atoms with Crippen LogP contribution < -0.4 is 5.73 Å². The van der Waals surface area contributed by atoms with E-state index >= 15 is 0 Å². The van der Waals surface area contributed by atoms with Crippen LogP contribution in [0.5, 0.6) is 0 Å². The molecule has 0 bridgehead atoms. The Labute approximate surface area is 128 Å². The van der Waals surface area contributed by atoms with Crippen molar-refractivity contribution in [1.29, 1.82) is 0 Å². The van der Waals surface area contributed by atoms with Crippen molar-refractivity contribution < 1.29 is 5.11 Å². The zero-order chi connectivity index (χ0) is 15.2. The van der Waals surface area contributed by atoms with Crippen LogP contribution in [0, 0.1) is 13.8 Å². The Bertz CT molecular complexity index is 421. The maximum Gasteiger partial charge on any atom is 0.0558 e. The summed E-state index contributed by atoms with van der Waals surface area (Å²) in [5, 5.41) is 8.96. The molecule has 0 radical (unpaired) electrons. The Morgan fingerprint density at radius 3 is 2.05 bits per heavy atom. The van der Waals surface area contributed by atoms with Crippen LogP contribution in [0.15, 0.2) is 18.2 Å². The van der Waals surface area contributed by atoms with Crippen LogP contribution in [-0.4, -0.2) is 60.8 Å². The van der Waals surface area contributed by atoms with Gasteiger partial charge in [0.15, 0.2) is 0 Å². The molecular weight excluding hydrogens is 262 g/mol. The largest absolute Gasteiger partial charge is 0.395 e. The Balaban J connectivity index is 1.78. The summed E-state index contributed by atoms with van der Waals surface area (Å²) in [7, 11) is 0. The minimum absolute atomic E-state index is 0.124. The Morgan fingerprint density at radius 2 is 1.52 bits per heavy atom. The number of rotatable bonds is 6. The summed E-state index contributed by atoms with van der Waals surface area (Å²) >= 11 is 0. The third kappa shape index (κ3) is 5.08. The van der Waals surface area contributed by atoms with Crippen LogP contribution in [0.3, 0.4) is 0 Å². The van der Waals surface area contributed by atoms with Crippen LogP contribution in [-0.2, 0) is 0 Å². The summed E-state index contributed by atoms with van der Waals surface area (Å²) in [6, 6.07) is 6.73. The number of β-amino-alcohol motifs (C(OH)–C–C–N with tert-alkyl or cyclic N) is 1. The van der Waals surface area contributed by atoms with Gasteiger partial charge < -0.3 is 15.7 Å². The molecule has 4 nitrogen and oxygen atoms in total. The molecule has 1 aromatic rings. The number of benzene rings is 1. The number of piperazine rings is 1. The van der Waals surface area contributed by atoms with Gasteiger partial charge in [-0.05, 0) is 25.8 Å². The van der Waals surface area contributed by atoms with E-state index in [9.17, 15) is 0 Å². The third-order valence-electron chi connectivity index (χ3n) is 4.31. The summed E-state index contributed by atoms with van der Waals surface area (Å²) < 4.78 is 0. The lowest BCUT2D eigenvalue weighted by molar-refractivity contribution is 0.110. The van der Waals surface area contributed by atoms with Gasteiger partial charge in [-0.15, -0.1) is 0 Å². The van der Waals surface area contributed by atoms with Gasteiger partial charge in [0.25, 0.3) is 0 Å². The van der Waals surface area contributed by atoms with Crippen molar-refractivity contribution >= 4 is 0 Å². The molecule has 0 aliphatic carbocycles. The first kappa shape index (κ1) is 16.4. The number of aryl methyl sites for hydroxylation is 2. The molecule has 1 atom stereocenters. The fraction of sp³-hybridized carbons (Fsp3) is 0.647. The predicted molar refractivity (Wildman–Crippen MR) is 87.4 cm³/mol. The molecule has 3 N–H and O–H groups in total. The summed E-state index contributed by atoms with van der Waals surface area (Å²) in [5.74, 6) is 0. The molecule has 1 saturated heterocycles. The Hall–Kier alpha value is -0.940. The average Bonchev–Trinajstić information content (AvgIpc) is 2.45. The summed E-state index contributed by atoms with van der Waals surface area (Å²) in [6.07, 6.45) is 1.00. The van der Waals surface area contributed by atoms with Crippen molar-refractivity contribution in [2.24, 2.45) is 5.73 Å². The van der Waals surface area contributed by atoms with E-state index < -0.39 is 0 Å². The minimum atomic E-state index is 0.124. The molecule has 1 aliphatic rings. The molecule has 0 spiro atoms. The molecule has 0 saturated carbocycles. The van der Waals surface area contributed by atoms with E-state index in [2.05, 4.69) is 41.8 Å². The highest BCUT2D eigenvalue weighted by Gasteiger charge is 2.17. The van der Waals surface area contributed by atoms with Gasteiger partial charge in [-0.3, -0.25) is 4.90 Å². The maximum absolute atomic E-state index is 8.96. The highest BCUT2D eigenvalue weighted by molar-refractivity contribution is 5.30. The van der Waals surface area contributed by atoms with Gasteiger partial charge in [0, 0.05) is 45.3 Å². The second-order valence-corrected chi connectivity index (χ2v) is 6.22. The molecule has 1 fully saturated rings.